The van der Waals surface area contributed by atoms with Crippen molar-refractivity contribution in [1.82, 2.24) is 9.80 Å². The number of carbonyl (C=O) groups is 2. The van der Waals surface area contributed by atoms with E-state index in [9.17, 15) is 18.4 Å². The molecule has 8 heteroatoms. The van der Waals surface area contributed by atoms with Gasteiger partial charge in [0.15, 0.2) is 0 Å². The summed E-state index contributed by atoms with van der Waals surface area (Å²) in [7, 11) is 0. The molecule has 1 aliphatic rings. The van der Waals surface area contributed by atoms with Crippen molar-refractivity contribution in [3.05, 3.63) is 65.2 Å². The van der Waals surface area contributed by atoms with Gasteiger partial charge in [-0.3, -0.25) is 9.69 Å². The monoisotopic (exact) mass is 390 g/mol. The summed E-state index contributed by atoms with van der Waals surface area (Å²) in [6.07, 6.45) is 0. The van der Waals surface area contributed by atoms with Crippen LogP contribution in [0.3, 0.4) is 0 Å². The Kier molecular flexibility index (Phi) is 6.20. The number of alkyl halides is 2. The zero-order valence-corrected chi connectivity index (χ0v) is 15.1. The zero-order valence-electron chi connectivity index (χ0n) is 15.1. The lowest BCUT2D eigenvalue weighted by atomic mass is 10.1. The summed E-state index contributed by atoms with van der Waals surface area (Å²) in [4.78, 5) is 27.5. The number of hydrogen-bond donors (Lipinski definition) is 1. The molecule has 3 rings (SSSR count). The summed E-state index contributed by atoms with van der Waals surface area (Å²) in [6, 6.07) is 12.7. The Morgan fingerprint density at radius 2 is 1.75 bits per heavy atom. The second-order valence-electron chi connectivity index (χ2n) is 6.45. The zero-order chi connectivity index (χ0) is 20.1. The lowest BCUT2D eigenvalue weighted by molar-refractivity contribution is -0.0503. The highest BCUT2D eigenvalue weighted by Crippen LogP contribution is 2.22. The van der Waals surface area contributed by atoms with E-state index in [1.165, 1.54) is 18.2 Å². The van der Waals surface area contributed by atoms with Crippen molar-refractivity contribution in [3.8, 4) is 5.75 Å². The summed E-state index contributed by atoms with van der Waals surface area (Å²) in [5.41, 5.74) is 1.24. The van der Waals surface area contributed by atoms with Crippen LogP contribution in [-0.2, 0) is 6.54 Å². The molecule has 0 bridgehead atoms. The van der Waals surface area contributed by atoms with Crippen molar-refractivity contribution in [1.29, 1.82) is 0 Å². The van der Waals surface area contributed by atoms with Gasteiger partial charge in [-0.15, -0.1) is 0 Å². The van der Waals surface area contributed by atoms with Crippen LogP contribution in [0.5, 0.6) is 5.75 Å². The van der Waals surface area contributed by atoms with Crippen molar-refractivity contribution >= 4 is 11.9 Å². The van der Waals surface area contributed by atoms with E-state index in [1.54, 1.807) is 29.2 Å². The maximum atomic E-state index is 12.7. The third kappa shape index (κ3) is 4.83. The van der Waals surface area contributed by atoms with Gasteiger partial charge in [-0.2, -0.15) is 8.78 Å². The average molecular weight is 390 g/mol. The van der Waals surface area contributed by atoms with Gasteiger partial charge in [-0.1, -0.05) is 24.3 Å². The van der Waals surface area contributed by atoms with E-state index in [-0.39, 0.29) is 22.8 Å². The predicted octanol–water partition coefficient (Wildman–Crippen LogP) is 2.94. The first-order valence-electron chi connectivity index (χ1n) is 8.82. The molecule has 0 saturated carbocycles. The number of nitrogens with zero attached hydrogens (tertiary/aromatic N) is 2. The van der Waals surface area contributed by atoms with Crippen LogP contribution >= 0.6 is 0 Å². The largest absolute Gasteiger partial charge is 0.478 e. The van der Waals surface area contributed by atoms with Gasteiger partial charge in [-0.25, -0.2) is 4.79 Å². The van der Waals surface area contributed by atoms with E-state index in [4.69, 9.17) is 5.11 Å². The molecule has 2 aromatic rings. The van der Waals surface area contributed by atoms with Crippen LogP contribution in [0.4, 0.5) is 8.78 Å². The van der Waals surface area contributed by atoms with Gasteiger partial charge < -0.3 is 14.7 Å². The molecule has 1 saturated heterocycles. The number of hydrogen-bond acceptors (Lipinski definition) is 4. The first kappa shape index (κ1) is 19.8. The van der Waals surface area contributed by atoms with E-state index in [0.29, 0.717) is 32.7 Å². The molecule has 0 aromatic heterocycles. The van der Waals surface area contributed by atoms with E-state index in [1.807, 2.05) is 6.07 Å². The molecule has 1 heterocycles. The second kappa shape index (κ2) is 8.79. The fourth-order valence-electron chi connectivity index (χ4n) is 3.18. The Morgan fingerprint density at radius 3 is 2.43 bits per heavy atom. The number of para-hydroxylation sites is 1. The van der Waals surface area contributed by atoms with Crippen LogP contribution in [0, 0.1) is 0 Å². The maximum Gasteiger partial charge on any atom is 0.387 e. The normalized spacial score (nSPS) is 14.9. The van der Waals surface area contributed by atoms with Crippen LogP contribution in [0.25, 0.3) is 0 Å². The van der Waals surface area contributed by atoms with Gasteiger partial charge in [0.25, 0.3) is 5.91 Å². The number of halogens is 2. The van der Waals surface area contributed by atoms with Gasteiger partial charge >= 0.3 is 12.6 Å². The number of rotatable bonds is 6. The molecule has 1 aliphatic heterocycles. The van der Waals surface area contributed by atoms with Crippen LogP contribution in [0.2, 0.25) is 0 Å². The maximum absolute atomic E-state index is 12.7. The number of amides is 1. The van der Waals surface area contributed by atoms with Gasteiger partial charge in [0.05, 0.1) is 11.1 Å². The Morgan fingerprint density at radius 1 is 1.04 bits per heavy atom. The standard InChI is InChI=1S/C20H20F2N2O4/c21-20(22)28-17-7-2-1-6-16(17)18(25)24-10-8-23(9-11-24)13-14-4-3-5-15(12-14)19(26)27/h1-7,12,20H,8-11,13H2,(H,26,27). The molecule has 148 valence electrons. The van der Waals surface area contributed by atoms with E-state index in [0.717, 1.165) is 5.56 Å². The number of carboxylic acids is 1. The molecular formula is C20H20F2N2O4. The minimum atomic E-state index is -2.99. The molecule has 0 atom stereocenters. The SMILES string of the molecule is O=C(O)c1cccc(CN2CCN(C(=O)c3ccccc3OC(F)F)CC2)c1. The van der Waals surface area contributed by atoms with Crippen LogP contribution in [0.15, 0.2) is 48.5 Å². The number of carbonyl (C=O) groups excluding carboxylic acids is 1. The van der Waals surface area contributed by atoms with Crippen molar-refractivity contribution in [2.24, 2.45) is 0 Å². The highest BCUT2D eigenvalue weighted by atomic mass is 19.3. The lowest BCUT2D eigenvalue weighted by Crippen LogP contribution is -2.48. The number of ether oxygens (including phenoxy) is 1. The Bertz CT molecular complexity index is 852. The van der Waals surface area contributed by atoms with Crippen LogP contribution in [-0.4, -0.2) is 59.6 Å². The Balaban J connectivity index is 1.60. The quantitative estimate of drug-likeness (QED) is 0.821. The third-order valence-electron chi connectivity index (χ3n) is 4.57. The number of carboxylic acid groups (broad SMARTS) is 1. The second-order valence-corrected chi connectivity index (χ2v) is 6.45. The molecule has 1 N–H and O–H groups in total. The van der Waals surface area contributed by atoms with Gasteiger partial charge in [0.2, 0.25) is 0 Å². The summed E-state index contributed by atoms with van der Waals surface area (Å²) < 4.78 is 29.6. The van der Waals surface area contributed by atoms with Crippen molar-refractivity contribution < 1.29 is 28.2 Å². The molecule has 0 aliphatic carbocycles. The fourth-order valence-corrected chi connectivity index (χ4v) is 3.18. The molecule has 0 unspecified atom stereocenters. The molecular weight excluding hydrogens is 370 g/mol. The van der Waals surface area contributed by atoms with E-state index in [2.05, 4.69) is 9.64 Å². The van der Waals surface area contributed by atoms with Crippen molar-refractivity contribution in [2.45, 2.75) is 13.2 Å². The first-order chi connectivity index (χ1) is 13.4. The molecule has 0 spiro atoms. The Labute approximate surface area is 160 Å². The summed E-state index contributed by atoms with van der Waals surface area (Å²) in [5.74, 6) is -1.44. The topological polar surface area (TPSA) is 70.1 Å². The fraction of sp³-hybridized carbons (Fsp3) is 0.300. The van der Waals surface area contributed by atoms with Crippen LogP contribution in [0.1, 0.15) is 26.3 Å². The van der Waals surface area contributed by atoms with Gasteiger partial charge in [-0.05, 0) is 29.8 Å². The molecule has 28 heavy (non-hydrogen) atoms. The average Bonchev–Trinajstić information content (AvgIpc) is 2.68. The molecule has 6 nitrogen and oxygen atoms in total. The van der Waals surface area contributed by atoms with Gasteiger partial charge in [0.1, 0.15) is 5.75 Å². The highest BCUT2D eigenvalue weighted by molar-refractivity contribution is 5.97. The molecule has 2 aromatic carbocycles. The smallest absolute Gasteiger partial charge is 0.387 e. The third-order valence-corrected chi connectivity index (χ3v) is 4.57. The molecule has 0 radical (unpaired) electrons. The minimum absolute atomic E-state index is 0.116. The number of piperazine rings is 1. The van der Waals surface area contributed by atoms with E-state index >= 15 is 0 Å². The van der Waals surface area contributed by atoms with Crippen LogP contribution < -0.4 is 4.74 Å². The van der Waals surface area contributed by atoms with Gasteiger partial charge in [0, 0.05) is 32.7 Å². The molecule has 1 fully saturated rings. The number of benzene rings is 2. The Hall–Kier alpha value is -3.00. The number of aromatic carboxylic acids is 1. The van der Waals surface area contributed by atoms with E-state index < -0.39 is 12.6 Å². The van der Waals surface area contributed by atoms with Crippen molar-refractivity contribution in [3.63, 3.8) is 0 Å². The summed E-state index contributed by atoms with van der Waals surface area (Å²) >= 11 is 0. The predicted molar refractivity (Wildman–Crippen MR) is 97.7 cm³/mol. The lowest BCUT2D eigenvalue weighted by Gasteiger charge is -2.35. The summed E-state index contributed by atoms with van der Waals surface area (Å²) in [5, 5.41) is 9.08. The molecule has 1 amide bonds. The summed E-state index contributed by atoms with van der Waals surface area (Å²) in [6.45, 7) is -0.330. The minimum Gasteiger partial charge on any atom is -0.478 e. The highest BCUT2D eigenvalue weighted by Gasteiger charge is 2.25. The van der Waals surface area contributed by atoms with Crippen molar-refractivity contribution in [2.75, 3.05) is 26.2 Å². The first-order valence-corrected chi connectivity index (χ1v) is 8.82.